The second kappa shape index (κ2) is 6.89. The van der Waals surface area contributed by atoms with E-state index in [4.69, 9.17) is 0 Å². The fraction of sp³-hybridized carbons (Fsp3) is 0.824. The summed E-state index contributed by atoms with van der Waals surface area (Å²) in [6.07, 6.45) is 4.82. The molecule has 2 heterocycles. The number of carbonyl (C=O) groups is 3. The summed E-state index contributed by atoms with van der Waals surface area (Å²) in [7, 11) is 0. The number of rotatable bonds is 2. The van der Waals surface area contributed by atoms with Crippen molar-refractivity contribution in [2.45, 2.75) is 39.0 Å². The van der Waals surface area contributed by atoms with Gasteiger partial charge in [0.1, 0.15) is 0 Å². The lowest BCUT2D eigenvalue weighted by atomic mass is 9.83. The predicted molar refractivity (Wildman–Crippen MR) is 85.5 cm³/mol. The average Bonchev–Trinajstić information content (AvgIpc) is 2.53. The summed E-state index contributed by atoms with van der Waals surface area (Å²) >= 11 is 0. The molecule has 0 aromatic rings. The van der Waals surface area contributed by atoms with Gasteiger partial charge in [0.2, 0.25) is 17.7 Å². The Morgan fingerprint density at radius 1 is 0.652 bits per heavy atom. The molecule has 23 heavy (non-hydrogen) atoms. The number of likely N-dealkylation sites (tertiary alicyclic amines) is 1. The van der Waals surface area contributed by atoms with Crippen molar-refractivity contribution < 1.29 is 14.4 Å². The van der Waals surface area contributed by atoms with Crippen LogP contribution in [0.1, 0.15) is 39.0 Å². The van der Waals surface area contributed by atoms with Gasteiger partial charge < -0.3 is 14.7 Å². The molecule has 0 unspecified atom stereocenters. The number of piperidine rings is 1. The van der Waals surface area contributed by atoms with E-state index in [0.717, 1.165) is 38.8 Å². The zero-order chi connectivity index (χ0) is 16.4. The van der Waals surface area contributed by atoms with Gasteiger partial charge in [0.15, 0.2) is 0 Å². The van der Waals surface area contributed by atoms with E-state index in [-0.39, 0.29) is 23.7 Å². The van der Waals surface area contributed by atoms with Gasteiger partial charge >= 0.3 is 0 Å². The minimum Gasteiger partial charge on any atom is -0.342 e. The largest absolute Gasteiger partial charge is 0.342 e. The summed E-state index contributed by atoms with van der Waals surface area (Å²) in [5.41, 5.74) is 0. The van der Waals surface area contributed by atoms with Gasteiger partial charge in [0.05, 0.1) is 0 Å². The predicted octanol–water partition coefficient (Wildman–Crippen LogP) is 0.716. The molecule has 0 N–H and O–H groups in total. The standard InChI is InChI=1S/C17H27N3O3/c1-13(21)18-9-11-20(12-10-18)17(23)15-5-7-19(8-6-15)16(22)14-3-2-4-14/h14-15H,2-12H2,1H3. The van der Waals surface area contributed by atoms with Crippen molar-refractivity contribution in [2.24, 2.45) is 11.8 Å². The van der Waals surface area contributed by atoms with Gasteiger partial charge in [-0.15, -0.1) is 0 Å². The van der Waals surface area contributed by atoms with Gasteiger partial charge in [-0.05, 0) is 25.7 Å². The first-order valence-corrected chi connectivity index (χ1v) is 8.89. The first-order valence-electron chi connectivity index (χ1n) is 8.89. The van der Waals surface area contributed by atoms with Gasteiger partial charge in [0.25, 0.3) is 0 Å². The highest BCUT2D eigenvalue weighted by Crippen LogP contribution is 2.30. The molecule has 6 nitrogen and oxygen atoms in total. The highest BCUT2D eigenvalue weighted by Gasteiger charge is 2.35. The van der Waals surface area contributed by atoms with Crippen LogP contribution in [0.5, 0.6) is 0 Å². The fourth-order valence-corrected chi connectivity index (χ4v) is 3.76. The first-order chi connectivity index (χ1) is 11.1. The SMILES string of the molecule is CC(=O)N1CCN(C(=O)C2CCN(C(=O)C3CCC3)CC2)CC1. The van der Waals surface area contributed by atoms with E-state index >= 15 is 0 Å². The van der Waals surface area contributed by atoms with Crippen LogP contribution in [-0.4, -0.2) is 71.7 Å². The third-order valence-corrected chi connectivity index (χ3v) is 5.65. The van der Waals surface area contributed by atoms with Crippen LogP contribution >= 0.6 is 0 Å². The zero-order valence-corrected chi connectivity index (χ0v) is 14.0. The van der Waals surface area contributed by atoms with Crippen LogP contribution in [0.15, 0.2) is 0 Å². The van der Waals surface area contributed by atoms with E-state index in [1.54, 1.807) is 11.8 Å². The summed E-state index contributed by atoms with van der Waals surface area (Å²) in [5.74, 6) is 0.896. The molecule has 0 bridgehead atoms. The van der Waals surface area contributed by atoms with E-state index in [1.165, 1.54) is 6.42 Å². The number of hydrogen-bond donors (Lipinski definition) is 0. The second-order valence-electron chi connectivity index (χ2n) is 7.06. The number of amides is 3. The molecule has 3 aliphatic rings. The molecule has 0 aromatic heterocycles. The molecule has 1 aliphatic carbocycles. The van der Waals surface area contributed by atoms with Crippen molar-refractivity contribution in [3.05, 3.63) is 0 Å². The monoisotopic (exact) mass is 321 g/mol. The molecular weight excluding hydrogens is 294 g/mol. The Bertz CT molecular complexity index is 473. The maximum absolute atomic E-state index is 12.6. The van der Waals surface area contributed by atoms with Crippen LogP contribution in [0, 0.1) is 11.8 Å². The van der Waals surface area contributed by atoms with Crippen LogP contribution in [0.25, 0.3) is 0 Å². The molecule has 3 rings (SSSR count). The fourth-order valence-electron chi connectivity index (χ4n) is 3.76. The molecule has 0 spiro atoms. The third-order valence-electron chi connectivity index (χ3n) is 5.65. The van der Waals surface area contributed by atoms with Crippen molar-refractivity contribution in [2.75, 3.05) is 39.3 Å². The van der Waals surface area contributed by atoms with Crippen LogP contribution < -0.4 is 0 Å². The van der Waals surface area contributed by atoms with Crippen molar-refractivity contribution >= 4 is 17.7 Å². The molecule has 6 heteroatoms. The van der Waals surface area contributed by atoms with Gasteiger partial charge in [-0.2, -0.15) is 0 Å². The topological polar surface area (TPSA) is 60.9 Å². The molecule has 0 aromatic carbocycles. The van der Waals surface area contributed by atoms with Crippen molar-refractivity contribution in [1.82, 2.24) is 14.7 Å². The van der Waals surface area contributed by atoms with E-state index in [1.807, 2.05) is 9.80 Å². The lowest BCUT2D eigenvalue weighted by molar-refractivity contribution is -0.146. The average molecular weight is 321 g/mol. The van der Waals surface area contributed by atoms with E-state index in [9.17, 15) is 14.4 Å². The molecule has 2 saturated heterocycles. The molecule has 3 amide bonds. The lowest BCUT2D eigenvalue weighted by Gasteiger charge is -2.39. The van der Waals surface area contributed by atoms with Crippen LogP contribution in [0.4, 0.5) is 0 Å². The third kappa shape index (κ3) is 3.51. The quantitative estimate of drug-likeness (QED) is 0.753. The second-order valence-corrected chi connectivity index (χ2v) is 7.06. The Labute approximate surface area is 137 Å². The van der Waals surface area contributed by atoms with E-state index < -0.39 is 0 Å². The van der Waals surface area contributed by atoms with Gasteiger partial charge in [-0.1, -0.05) is 6.42 Å². The molecule has 128 valence electrons. The number of hydrogen-bond acceptors (Lipinski definition) is 3. The maximum Gasteiger partial charge on any atom is 0.225 e. The summed E-state index contributed by atoms with van der Waals surface area (Å²) in [6.45, 7) is 5.57. The first kappa shape index (κ1) is 16.3. The van der Waals surface area contributed by atoms with Crippen molar-refractivity contribution in [1.29, 1.82) is 0 Å². The number of nitrogens with zero attached hydrogens (tertiary/aromatic N) is 3. The van der Waals surface area contributed by atoms with E-state index in [2.05, 4.69) is 0 Å². The molecule has 3 fully saturated rings. The highest BCUT2D eigenvalue weighted by atomic mass is 16.2. The summed E-state index contributed by atoms with van der Waals surface area (Å²) in [6, 6.07) is 0. The minimum atomic E-state index is 0.0457. The van der Waals surface area contributed by atoms with Crippen LogP contribution in [0.3, 0.4) is 0 Å². The Morgan fingerprint density at radius 3 is 1.52 bits per heavy atom. The normalized spacial score (nSPS) is 23.6. The van der Waals surface area contributed by atoms with Crippen molar-refractivity contribution in [3.8, 4) is 0 Å². The van der Waals surface area contributed by atoms with Gasteiger partial charge in [-0.25, -0.2) is 0 Å². The molecule has 1 saturated carbocycles. The minimum absolute atomic E-state index is 0.0457. The maximum atomic E-state index is 12.6. The molecule has 0 atom stereocenters. The number of piperazine rings is 1. The summed E-state index contributed by atoms with van der Waals surface area (Å²) in [5, 5.41) is 0. The van der Waals surface area contributed by atoms with E-state index in [0.29, 0.717) is 32.1 Å². The van der Waals surface area contributed by atoms with Crippen LogP contribution in [0.2, 0.25) is 0 Å². The van der Waals surface area contributed by atoms with Crippen LogP contribution in [-0.2, 0) is 14.4 Å². The summed E-state index contributed by atoms with van der Waals surface area (Å²) < 4.78 is 0. The van der Waals surface area contributed by atoms with Gasteiger partial charge in [-0.3, -0.25) is 14.4 Å². The molecule has 0 radical (unpaired) electrons. The smallest absolute Gasteiger partial charge is 0.225 e. The van der Waals surface area contributed by atoms with Gasteiger partial charge in [0, 0.05) is 58.0 Å². The molecular formula is C17H27N3O3. The van der Waals surface area contributed by atoms with Crippen molar-refractivity contribution in [3.63, 3.8) is 0 Å². The zero-order valence-electron chi connectivity index (χ0n) is 14.0. The molecule has 2 aliphatic heterocycles. The summed E-state index contributed by atoms with van der Waals surface area (Å²) in [4.78, 5) is 41.9. The Balaban J connectivity index is 1.45. The number of carbonyl (C=O) groups excluding carboxylic acids is 3. The Hall–Kier alpha value is -1.59. The Kier molecular flexibility index (Phi) is 4.87. The lowest BCUT2D eigenvalue weighted by Crippen LogP contribution is -2.53. The Morgan fingerprint density at radius 2 is 1.09 bits per heavy atom. The highest BCUT2D eigenvalue weighted by molar-refractivity contribution is 5.82.